The van der Waals surface area contributed by atoms with Crippen molar-refractivity contribution in [1.82, 2.24) is 0 Å². The zero-order valence-corrected chi connectivity index (χ0v) is 17.6. The van der Waals surface area contributed by atoms with Crippen molar-refractivity contribution in [2.45, 2.75) is 25.2 Å². The minimum absolute atomic E-state index is 0.607. The largest absolute Gasteiger partial charge is 0.462 e. The van der Waals surface area contributed by atoms with Gasteiger partial charge < -0.3 is 9.05 Å². The Morgan fingerprint density at radius 1 is 0.793 bits per heavy atom. The van der Waals surface area contributed by atoms with Crippen LogP contribution in [0, 0.1) is 35.5 Å². The lowest BCUT2D eigenvalue weighted by atomic mass is 9.68. The first kappa shape index (κ1) is 18.0. The smallest absolute Gasteiger partial charge is 0.418 e. The summed E-state index contributed by atoms with van der Waals surface area (Å²) in [6.45, 7) is 0. The molecule has 0 N–H and O–H groups in total. The van der Waals surface area contributed by atoms with Crippen LogP contribution in [0.3, 0.4) is 0 Å². The molecule has 4 aliphatic rings. The molecule has 3 nitrogen and oxygen atoms in total. The van der Waals surface area contributed by atoms with Crippen LogP contribution in [-0.2, 0) is 4.52 Å². The summed E-state index contributed by atoms with van der Waals surface area (Å²) in [5.41, 5.74) is 1.35. The van der Waals surface area contributed by atoms with E-state index in [9.17, 15) is 0 Å². The maximum Gasteiger partial charge on any atom is 0.462 e. The van der Waals surface area contributed by atoms with Crippen LogP contribution in [0.1, 0.15) is 30.7 Å². The Kier molecular flexibility index (Phi) is 4.43. The summed E-state index contributed by atoms with van der Waals surface area (Å²) in [5, 5.41) is 0. The molecule has 0 spiro atoms. The normalized spacial score (nSPS) is 36.9. The zero-order valence-electron chi connectivity index (χ0n) is 16.7. The summed E-state index contributed by atoms with van der Waals surface area (Å²) in [5.74, 6) is 7.56. The molecular formula is C25H27O3P. The van der Waals surface area contributed by atoms with E-state index in [2.05, 4.69) is 36.4 Å². The van der Waals surface area contributed by atoms with Gasteiger partial charge in [-0.3, -0.25) is 4.52 Å². The molecule has 6 rings (SSSR count). The Balaban J connectivity index is 1.24. The van der Waals surface area contributed by atoms with Crippen LogP contribution in [-0.4, -0.2) is 7.11 Å². The SMILES string of the molecule is COP(Oc1ccccc1)Oc1ccccc1C1CC2CC1C1C3C=CC(C3)C21. The van der Waals surface area contributed by atoms with Gasteiger partial charge in [-0.2, -0.15) is 0 Å². The topological polar surface area (TPSA) is 27.7 Å². The minimum Gasteiger partial charge on any atom is -0.418 e. The van der Waals surface area contributed by atoms with Crippen molar-refractivity contribution in [3.05, 3.63) is 72.3 Å². The molecule has 2 aromatic carbocycles. The van der Waals surface area contributed by atoms with Crippen molar-refractivity contribution in [2.24, 2.45) is 35.5 Å². The van der Waals surface area contributed by atoms with E-state index < -0.39 is 8.60 Å². The molecule has 0 radical (unpaired) electrons. The van der Waals surface area contributed by atoms with Crippen LogP contribution < -0.4 is 9.05 Å². The molecule has 0 heterocycles. The standard InChI is InChI=1S/C25H27O3P/c1-26-29(27-19-7-3-2-4-8-19)28-23-10-6-5-9-20(23)21-14-18-15-22(21)25-17-12-11-16(13-17)24(18)25/h2-12,16-18,21-22,24-25H,13-15H2,1H3. The fraction of sp³-hybridized carbons (Fsp3) is 0.440. The van der Waals surface area contributed by atoms with Crippen molar-refractivity contribution < 1.29 is 13.6 Å². The van der Waals surface area contributed by atoms with Gasteiger partial charge in [0, 0.05) is 7.11 Å². The molecule has 29 heavy (non-hydrogen) atoms. The molecule has 0 saturated heterocycles. The molecule has 8 atom stereocenters. The highest BCUT2D eigenvalue weighted by atomic mass is 31.2. The van der Waals surface area contributed by atoms with E-state index >= 15 is 0 Å². The van der Waals surface area contributed by atoms with Gasteiger partial charge in [-0.15, -0.1) is 0 Å². The molecule has 0 aromatic heterocycles. The number of allylic oxidation sites excluding steroid dienone is 2. The maximum absolute atomic E-state index is 6.30. The molecule has 2 aromatic rings. The van der Waals surface area contributed by atoms with Gasteiger partial charge in [0.2, 0.25) is 0 Å². The maximum atomic E-state index is 6.30. The number of rotatable bonds is 6. The van der Waals surface area contributed by atoms with Gasteiger partial charge >= 0.3 is 8.60 Å². The van der Waals surface area contributed by atoms with E-state index in [4.69, 9.17) is 13.6 Å². The quantitative estimate of drug-likeness (QED) is 0.308. The summed E-state index contributed by atoms with van der Waals surface area (Å²) in [4.78, 5) is 0. The summed E-state index contributed by atoms with van der Waals surface area (Å²) < 4.78 is 17.8. The van der Waals surface area contributed by atoms with Gasteiger partial charge in [0.15, 0.2) is 0 Å². The fourth-order valence-electron chi connectivity index (χ4n) is 6.98. The lowest BCUT2D eigenvalue weighted by molar-refractivity contribution is 0.183. The van der Waals surface area contributed by atoms with E-state index in [0.717, 1.165) is 47.0 Å². The third-order valence-electron chi connectivity index (χ3n) is 7.83. The highest BCUT2D eigenvalue weighted by Crippen LogP contribution is 2.69. The summed E-state index contributed by atoms with van der Waals surface area (Å²) >= 11 is 0. The minimum atomic E-state index is -1.48. The van der Waals surface area contributed by atoms with E-state index in [-0.39, 0.29) is 0 Å². The molecule has 3 saturated carbocycles. The van der Waals surface area contributed by atoms with Crippen LogP contribution in [0.2, 0.25) is 0 Å². The number of para-hydroxylation sites is 2. The monoisotopic (exact) mass is 406 g/mol. The van der Waals surface area contributed by atoms with Gasteiger partial charge in [0.25, 0.3) is 0 Å². The Bertz CT molecular complexity index is 913. The van der Waals surface area contributed by atoms with Crippen molar-refractivity contribution in [2.75, 3.05) is 7.11 Å². The lowest BCUT2D eigenvalue weighted by Crippen LogP contribution is -2.30. The van der Waals surface area contributed by atoms with Crippen molar-refractivity contribution in [1.29, 1.82) is 0 Å². The third kappa shape index (κ3) is 2.94. The molecule has 0 amide bonds. The lowest BCUT2D eigenvalue weighted by Gasteiger charge is -2.37. The first-order valence-electron chi connectivity index (χ1n) is 10.8. The van der Waals surface area contributed by atoms with Crippen LogP contribution in [0.5, 0.6) is 11.5 Å². The Morgan fingerprint density at radius 2 is 1.55 bits per heavy atom. The fourth-order valence-corrected chi connectivity index (χ4v) is 7.79. The average molecular weight is 406 g/mol. The second-order valence-corrected chi connectivity index (χ2v) is 10.2. The second kappa shape index (κ2) is 7.15. The van der Waals surface area contributed by atoms with E-state index in [1.165, 1.54) is 24.8 Å². The number of hydrogen-bond donors (Lipinski definition) is 0. The van der Waals surface area contributed by atoms with Crippen LogP contribution in [0.25, 0.3) is 0 Å². The van der Waals surface area contributed by atoms with E-state index in [0.29, 0.717) is 5.92 Å². The van der Waals surface area contributed by atoms with Crippen molar-refractivity contribution >= 4 is 8.60 Å². The highest BCUT2D eigenvalue weighted by molar-refractivity contribution is 7.42. The molecule has 4 bridgehead atoms. The van der Waals surface area contributed by atoms with Crippen molar-refractivity contribution in [3.8, 4) is 11.5 Å². The van der Waals surface area contributed by atoms with Gasteiger partial charge in [-0.25, -0.2) is 0 Å². The molecular weight excluding hydrogens is 379 g/mol. The molecule has 150 valence electrons. The van der Waals surface area contributed by atoms with Gasteiger partial charge in [0.05, 0.1) is 0 Å². The Labute approximate surface area is 174 Å². The molecule has 4 aliphatic carbocycles. The molecule has 0 aliphatic heterocycles. The van der Waals surface area contributed by atoms with Gasteiger partial charge in [-0.1, -0.05) is 48.6 Å². The average Bonchev–Trinajstić information content (AvgIpc) is 3.54. The predicted molar refractivity (Wildman–Crippen MR) is 115 cm³/mol. The Hall–Kier alpha value is -1.83. The van der Waals surface area contributed by atoms with Crippen LogP contribution in [0.15, 0.2) is 66.7 Å². The highest BCUT2D eigenvalue weighted by Gasteiger charge is 2.61. The van der Waals surface area contributed by atoms with Gasteiger partial charge in [0.1, 0.15) is 11.5 Å². The second-order valence-electron chi connectivity index (χ2n) is 9.04. The zero-order chi connectivity index (χ0) is 19.4. The molecule has 8 unspecified atom stereocenters. The van der Waals surface area contributed by atoms with Crippen LogP contribution >= 0.6 is 8.60 Å². The van der Waals surface area contributed by atoms with Crippen molar-refractivity contribution in [3.63, 3.8) is 0 Å². The first-order valence-corrected chi connectivity index (χ1v) is 11.9. The number of fused-ring (bicyclic) bond motifs is 9. The number of hydrogen-bond acceptors (Lipinski definition) is 3. The predicted octanol–water partition coefficient (Wildman–Crippen LogP) is 6.58. The van der Waals surface area contributed by atoms with E-state index in [1.54, 1.807) is 7.11 Å². The number of benzene rings is 2. The summed E-state index contributed by atoms with van der Waals surface area (Å²) in [7, 11) is 0.178. The first-order chi connectivity index (χ1) is 14.3. The van der Waals surface area contributed by atoms with E-state index in [1.807, 2.05) is 30.3 Å². The molecule has 3 fully saturated rings. The summed E-state index contributed by atoms with van der Waals surface area (Å²) in [6, 6.07) is 18.3. The van der Waals surface area contributed by atoms with Gasteiger partial charge in [-0.05, 0) is 84.5 Å². The third-order valence-corrected chi connectivity index (χ3v) is 8.84. The molecule has 4 heteroatoms. The Morgan fingerprint density at radius 3 is 2.38 bits per heavy atom. The van der Waals surface area contributed by atoms with Crippen LogP contribution in [0.4, 0.5) is 0 Å². The summed E-state index contributed by atoms with van der Waals surface area (Å²) in [6.07, 6.45) is 9.17.